The van der Waals surface area contributed by atoms with Crippen LogP contribution in [0.15, 0.2) is 24.3 Å². The molecule has 0 atom stereocenters. The van der Waals surface area contributed by atoms with E-state index in [0.29, 0.717) is 27.7 Å². The van der Waals surface area contributed by atoms with Gasteiger partial charge in [0, 0.05) is 24.8 Å². The van der Waals surface area contributed by atoms with Crippen LogP contribution in [-0.2, 0) is 11.8 Å². The smallest absolute Gasteiger partial charge is 0.294 e. The van der Waals surface area contributed by atoms with Gasteiger partial charge in [0.1, 0.15) is 12.4 Å². The number of benzene rings is 1. The highest BCUT2D eigenvalue weighted by Gasteiger charge is 2.26. The Morgan fingerprint density at radius 1 is 1.33 bits per heavy atom. The molecule has 0 saturated heterocycles. The molecule has 1 aromatic carbocycles. The Hall–Kier alpha value is -2.34. The number of carbonyl (C=O) groups excluding carboxylic acids is 2. The number of hydrogen-bond donors (Lipinski definition) is 0. The number of ether oxygens (including phenoxy) is 1. The molecule has 0 aliphatic carbocycles. The number of aryl methyl sites for hydroxylation is 2. The van der Waals surface area contributed by atoms with Crippen molar-refractivity contribution >= 4 is 23.3 Å². The van der Waals surface area contributed by atoms with Crippen molar-refractivity contribution in [3.63, 3.8) is 0 Å². The number of halogens is 1. The summed E-state index contributed by atoms with van der Waals surface area (Å²) in [6, 6.07) is 7.00. The Labute approximate surface area is 146 Å². The summed E-state index contributed by atoms with van der Waals surface area (Å²) in [4.78, 5) is 26.1. The molecular formula is C17H20ClN3O3. The molecule has 128 valence electrons. The Morgan fingerprint density at radius 3 is 2.62 bits per heavy atom. The molecule has 0 unspecified atom stereocenters. The fourth-order valence-corrected chi connectivity index (χ4v) is 2.52. The van der Waals surface area contributed by atoms with Crippen molar-refractivity contribution in [3.8, 4) is 5.75 Å². The number of likely N-dealkylation sites (N-methyl/N-ethyl adjacent to an activating group) is 1. The van der Waals surface area contributed by atoms with E-state index in [-0.39, 0.29) is 13.2 Å². The van der Waals surface area contributed by atoms with Crippen LogP contribution in [0.2, 0.25) is 5.02 Å². The Bertz CT molecular complexity index is 770. The van der Waals surface area contributed by atoms with Gasteiger partial charge in [-0.25, -0.2) is 0 Å². The lowest BCUT2D eigenvalue weighted by Crippen LogP contribution is -2.36. The number of nitrogens with zero attached hydrogens (tertiary/aromatic N) is 3. The predicted octanol–water partition coefficient (Wildman–Crippen LogP) is 2.41. The van der Waals surface area contributed by atoms with Crippen LogP contribution in [0.1, 0.15) is 21.7 Å². The summed E-state index contributed by atoms with van der Waals surface area (Å²) in [5, 5.41) is 4.75. The predicted molar refractivity (Wildman–Crippen MR) is 91.6 cm³/mol. The summed E-state index contributed by atoms with van der Waals surface area (Å²) < 4.78 is 7.13. The zero-order valence-corrected chi connectivity index (χ0v) is 14.9. The Kier molecular flexibility index (Phi) is 5.62. The summed E-state index contributed by atoms with van der Waals surface area (Å²) in [7, 11) is 3.31. The van der Waals surface area contributed by atoms with Gasteiger partial charge in [-0.3, -0.25) is 14.3 Å². The van der Waals surface area contributed by atoms with Gasteiger partial charge >= 0.3 is 0 Å². The number of hydrogen-bond acceptors (Lipinski definition) is 4. The van der Waals surface area contributed by atoms with Crippen LogP contribution in [0.4, 0.5) is 0 Å². The van der Waals surface area contributed by atoms with Crippen molar-refractivity contribution in [1.29, 1.82) is 0 Å². The van der Waals surface area contributed by atoms with Gasteiger partial charge < -0.3 is 9.64 Å². The van der Waals surface area contributed by atoms with Crippen LogP contribution in [-0.4, -0.2) is 46.6 Å². The molecule has 1 heterocycles. The first-order valence-corrected chi connectivity index (χ1v) is 7.87. The van der Waals surface area contributed by atoms with Crippen molar-refractivity contribution in [1.82, 2.24) is 14.7 Å². The first-order valence-electron chi connectivity index (χ1n) is 7.49. The minimum Gasteiger partial charge on any atom is -0.492 e. The fraction of sp³-hybridized carbons (Fsp3) is 0.353. The van der Waals surface area contributed by atoms with Gasteiger partial charge in [-0.2, -0.15) is 5.10 Å². The van der Waals surface area contributed by atoms with Gasteiger partial charge in [0.2, 0.25) is 0 Å². The van der Waals surface area contributed by atoms with Gasteiger partial charge in [-0.15, -0.1) is 0 Å². The molecule has 0 aliphatic rings. The van der Waals surface area contributed by atoms with E-state index >= 15 is 0 Å². The van der Waals surface area contributed by atoms with Gasteiger partial charge in [0.25, 0.3) is 11.7 Å². The van der Waals surface area contributed by atoms with E-state index in [2.05, 4.69) is 5.10 Å². The number of amides is 1. The first-order chi connectivity index (χ1) is 11.3. The third-order valence-corrected chi connectivity index (χ3v) is 4.00. The molecule has 0 aliphatic heterocycles. The standard InChI is InChI=1S/C17H20ClN3O3/c1-11-15(12(2)21(4)19-11)16(22)17(23)20(3)8-9-24-14-7-5-6-13(18)10-14/h5-7,10H,8-9H2,1-4H3. The maximum absolute atomic E-state index is 12.4. The number of aromatic nitrogens is 2. The third-order valence-electron chi connectivity index (χ3n) is 3.77. The molecule has 7 heteroatoms. The van der Waals surface area contributed by atoms with Gasteiger partial charge in [-0.1, -0.05) is 17.7 Å². The summed E-state index contributed by atoms with van der Waals surface area (Å²) in [5.41, 5.74) is 1.59. The lowest BCUT2D eigenvalue weighted by atomic mass is 10.1. The first kappa shape index (κ1) is 18.0. The summed E-state index contributed by atoms with van der Waals surface area (Å²) in [5.74, 6) is -0.513. The second kappa shape index (κ2) is 7.49. The molecule has 2 aromatic rings. The molecule has 0 radical (unpaired) electrons. The Balaban J connectivity index is 1.95. The SMILES string of the molecule is Cc1nn(C)c(C)c1C(=O)C(=O)N(C)CCOc1cccc(Cl)c1. The van der Waals surface area contributed by atoms with E-state index < -0.39 is 11.7 Å². The van der Waals surface area contributed by atoms with Crippen molar-refractivity contribution < 1.29 is 14.3 Å². The monoisotopic (exact) mass is 349 g/mol. The van der Waals surface area contributed by atoms with E-state index in [0.717, 1.165) is 0 Å². The number of ketones is 1. The molecular weight excluding hydrogens is 330 g/mol. The summed E-state index contributed by atoms with van der Waals surface area (Å²) in [6.45, 7) is 4.04. The molecule has 24 heavy (non-hydrogen) atoms. The van der Waals surface area contributed by atoms with Crippen LogP contribution < -0.4 is 4.74 Å². The highest BCUT2D eigenvalue weighted by molar-refractivity contribution is 6.43. The second-order valence-corrected chi connectivity index (χ2v) is 5.97. The van der Waals surface area contributed by atoms with Gasteiger partial charge in [-0.05, 0) is 32.0 Å². The summed E-state index contributed by atoms with van der Waals surface area (Å²) >= 11 is 5.88. The zero-order chi connectivity index (χ0) is 17.9. The highest BCUT2D eigenvalue weighted by Crippen LogP contribution is 2.17. The van der Waals surface area contributed by atoms with E-state index in [1.54, 1.807) is 56.9 Å². The van der Waals surface area contributed by atoms with E-state index in [9.17, 15) is 9.59 Å². The Morgan fingerprint density at radius 2 is 2.04 bits per heavy atom. The molecule has 0 N–H and O–H groups in total. The highest BCUT2D eigenvalue weighted by atomic mass is 35.5. The van der Waals surface area contributed by atoms with Crippen molar-refractivity contribution in [2.24, 2.45) is 7.05 Å². The average Bonchev–Trinajstić information content (AvgIpc) is 2.78. The van der Waals surface area contributed by atoms with Crippen LogP contribution in [0, 0.1) is 13.8 Å². The van der Waals surface area contributed by atoms with E-state index in [1.807, 2.05) is 0 Å². The minimum atomic E-state index is -0.580. The van der Waals surface area contributed by atoms with E-state index in [4.69, 9.17) is 16.3 Å². The quantitative estimate of drug-likeness (QED) is 0.593. The van der Waals surface area contributed by atoms with Crippen LogP contribution in [0.5, 0.6) is 5.75 Å². The number of rotatable bonds is 6. The van der Waals surface area contributed by atoms with Crippen molar-refractivity contribution in [2.75, 3.05) is 20.2 Å². The van der Waals surface area contributed by atoms with Crippen molar-refractivity contribution in [2.45, 2.75) is 13.8 Å². The molecule has 0 fully saturated rings. The number of carbonyl (C=O) groups is 2. The molecule has 0 bridgehead atoms. The fourth-order valence-electron chi connectivity index (χ4n) is 2.34. The lowest BCUT2D eigenvalue weighted by molar-refractivity contribution is -0.125. The topological polar surface area (TPSA) is 64.4 Å². The molecule has 0 saturated carbocycles. The van der Waals surface area contributed by atoms with Gasteiger partial charge in [0.05, 0.1) is 17.8 Å². The van der Waals surface area contributed by atoms with Crippen LogP contribution in [0.25, 0.3) is 0 Å². The van der Waals surface area contributed by atoms with E-state index in [1.165, 1.54) is 4.90 Å². The largest absolute Gasteiger partial charge is 0.492 e. The molecule has 0 spiro atoms. The van der Waals surface area contributed by atoms with Crippen LogP contribution in [0.3, 0.4) is 0 Å². The molecule has 1 aromatic heterocycles. The van der Waals surface area contributed by atoms with Gasteiger partial charge in [0.15, 0.2) is 0 Å². The second-order valence-electron chi connectivity index (χ2n) is 5.53. The maximum atomic E-state index is 12.4. The lowest BCUT2D eigenvalue weighted by Gasteiger charge is -2.17. The molecule has 6 nitrogen and oxygen atoms in total. The van der Waals surface area contributed by atoms with Crippen molar-refractivity contribution in [3.05, 3.63) is 46.2 Å². The number of Topliss-reactive ketones (excluding diaryl/α,β-unsaturated/α-hetero) is 1. The minimum absolute atomic E-state index is 0.265. The normalized spacial score (nSPS) is 10.5. The molecule has 2 rings (SSSR count). The third kappa shape index (κ3) is 3.94. The molecule has 1 amide bonds. The summed E-state index contributed by atoms with van der Waals surface area (Å²) in [6.07, 6.45) is 0. The average molecular weight is 350 g/mol. The van der Waals surface area contributed by atoms with Crippen LogP contribution >= 0.6 is 11.6 Å². The maximum Gasteiger partial charge on any atom is 0.294 e. The zero-order valence-electron chi connectivity index (χ0n) is 14.2.